The Labute approximate surface area is 86.8 Å². The van der Waals surface area contributed by atoms with Gasteiger partial charge in [-0.25, -0.2) is 0 Å². The first-order valence-corrected chi connectivity index (χ1v) is 5.48. The summed E-state index contributed by atoms with van der Waals surface area (Å²) in [5.74, 6) is 0.0714. The summed E-state index contributed by atoms with van der Waals surface area (Å²) in [4.78, 5) is 11.5. The molecule has 14 heavy (non-hydrogen) atoms. The molecular weight excluding hydrogens is 180 g/mol. The Hall–Kier alpha value is -0.410. The van der Waals surface area contributed by atoms with Gasteiger partial charge < -0.3 is 9.47 Å². The lowest BCUT2D eigenvalue weighted by molar-refractivity contribution is -0.135. The molecule has 84 valence electrons. The van der Waals surface area contributed by atoms with E-state index in [1.807, 2.05) is 20.8 Å². The van der Waals surface area contributed by atoms with Crippen LogP contribution in [-0.4, -0.2) is 31.7 Å². The number of Topliss-reactive ketones (excluding diaryl/α,β-unsaturated/α-hetero) is 1. The number of hydrogen-bond acceptors (Lipinski definition) is 3. The van der Waals surface area contributed by atoms with Crippen LogP contribution in [0.4, 0.5) is 0 Å². The Bertz CT molecular complexity index is 139. The Balaban J connectivity index is 3.76. The summed E-state index contributed by atoms with van der Waals surface area (Å²) in [7, 11) is 0. The standard InChI is InChI=1S/C11H22O3/c1-4-7-11(14-6-3)10(12)9-13-8-5-2/h11H,4-9H2,1-3H3. The minimum absolute atomic E-state index is 0.0714. The minimum Gasteiger partial charge on any atom is -0.374 e. The van der Waals surface area contributed by atoms with Gasteiger partial charge in [0.05, 0.1) is 0 Å². The van der Waals surface area contributed by atoms with Crippen molar-refractivity contribution in [2.75, 3.05) is 19.8 Å². The highest BCUT2D eigenvalue weighted by molar-refractivity contribution is 5.84. The zero-order valence-electron chi connectivity index (χ0n) is 9.54. The van der Waals surface area contributed by atoms with Crippen LogP contribution >= 0.6 is 0 Å². The Morgan fingerprint density at radius 3 is 2.43 bits per heavy atom. The van der Waals surface area contributed by atoms with Gasteiger partial charge in [0, 0.05) is 13.2 Å². The van der Waals surface area contributed by atoms with E-state index >= 15 is 0 Å². The van der Waals surface area contributed by atoms with Crippen molar-refractivity contribution in [3.05, 3.63) is 0 Å². The highest BCUT2D eigenvalue weighted by Crippen LogP contribution is 2.04. The quantitative estimate of drug-likeness (QED) is 0.538. The number of ketones is 1. The molecule has 0 rings (SSSR count). The van der Waals surface area contributed by atoms with Gasteiger partial charge in [0.1, 0.15) is 12.7 Å². The predicted octanol–water partition coefficient (Wildman–Crippen LogP) is 2.19. The topological polar surface area (TPSA) is 35.5 Å². The summed E-state index contributed by atoms with van der Waals surface area (Å²) in [5.41, 5.74) is 0. The average Bonchev–Trinajstić information content (AvgIpc) is 2.18. The summed E-state index contributed by atoms with van der Waals surface area (Å²) >= 11 is 0. The zero-order chi connectivity index (χ0) is 10.8. The number of ether oxygens (including phenoxy) is 2. The molecule has 0 aliphatic rings. The molecular formula is C11H22O3. The molecule has 0 amide bonds. The molecule has 0 heterocycles. The van der Waals surface area contributed by atoms with E-state index in [9.17, 15) is 4.79 Å². The van der Waals surface area contributed by atoms with Crippen LogP contribution in [0.25, 0.3) is 0 Å². The second-order valence-electron chi connectivity index (χ2n) is 3.25. The summed E-state index contributed by atoms with van der Waals surface area (Å²) in [5, 5.41) is 0. The van der Waals surface area contributed by atoms with Gasteiger partial charge in [-0.15, -0.1) is 0 Å². The van der Waals surface area contributed by atoms with Crippen molar-refractivity contribution in [1.29, 1.82) is 0 Å². The third-order valence-corrected chi connectivity index (χ3v) is 1.87. The molecule has 0 aliphatic heterocycles. The van der Waals surface area contributed by atoms with Crippen molar-refractivity contribution in [2.45, 2.75) is 46.1 Å². The molecule has 0 N–H and O–H groups in total. The van der Waals surface area contributed by atoms with E-state index < -0.39 is 0 Å². The molecule has 0 saturated carbocycles. The molecule has 1 unspecified atom stereocenters. The molecule has 0 aromatic heterocycles. The molecule has 0 bridgehead atoms. The van der Waals surface area contributed by atoms with Crippen molar-refractivity contribution in [2.24, 2.45) is 0 Å². The maximum atomic E-state index is 11.5. The van der Waals surface area contributed by atoms with E-state index in [2.05, 4.69) is 0 Å². The van der Waals surface area contributed by atoms with Crippen LogP contribution in [0.1, 0.15) is 40.0 Å². The van der Waals surface area contributed by atoms with Crippen molar-refractivity contribution in [1.82, 2.24) is 0 Å². The molecule has 0 saturated heterocycles. The van der Waals surface area contributed by atoms with Crippen LogP contribution in [0.2, 0.25) is 0 Å². The molecule has 0 aliphatic carbocycles. The summed E-state index contributed by atoms with van der Waals surface area (Å²) in [6, 6.07) is 0. The molecule has 1 atom stereocenters. The van der Waals surface area contributed by atoms with E-state index in [4.69, 9.17) is 9.47 Å². The molecule has 0 radical (unpaired) electrons. The Morgan fingerprint density at radius 1 is 1.21 bits per heavy atom. The monoisotopic (exact) mass is 202 g/mol. The molecule has 0 aromatic carbocycles. The SMILES string of the molecule is CCCOCC(=O)C(CCC)OCC. The van der Waals surface area contributed by atoms with E-state index in [0.717, 1.165) is 19.3 Å². The van der Waals surface area contributed by atoms with Gasteiger partial charge in [-0.2, -0.15) is 0 Å². The maximum Gasteiger partial charge on any atom is 0.187 e. The summed E-state index contributed by atoms with van der Waals surface area (Å²) in [6.07, 6.45) is 2.44. The smallest absolute Gasteiger partial charge is 0.187 e. The Morgan fingerprint density at radius 2 is 1.93 bits per heavy atom. The normalized spacial score (nSPS) is 12.8. The fourth-order valence-corrected chi connectivity index (χ4v) is 1.21. The van der Waals surface area contributed by atoms with Crippen LogP contribution in [0.15, 0.2) is 0 Å². The minimum atomic E-state index is -0.262. The second kappa shape index (κ2) is 9.16. The van der Waals surface area contributed by atoms with Crippen LogP contribution in [-0.2, 0) is 14.3 Å². The first-order valence-electron chi connectivity index (χ1n) is 5.48. The van der Waals surface area contributed by atoms with Crippen LogP contribution in [0.5, 0.6) is 0 Å². The largest absolute Gasteiger partial charge is 0.374 e. The van der Waals surface area contributed by atoms with E-state index in [-0.39, 0.29) is 18.5 Å². The van der Waals surface area contributed by atoms with Crippen molar-refractivity contribution >= 4 is 5.78 Å². The molecule has 0 aromatic rings. The number of carbonyl (C=O) groups excluding carboxylic acids is 1. The summed E-state index contributed by atoms with van der Waals surface area (Å²) < 4.78 is 10.5. The maximum absolute atomic E-state index is 11.5. The first kappa shape index (κ1) is 13.6. The van der Waals surface area contributed by atoms with Gasteiger partial charge >= 0.3 is 0 Å². The number of rotatable bonds is 9. The van der Waals surface area contributed by atoms with Gasteiger partial charge in [0.25, 0.3) is 0 Å². The van der Waals surface area contributed by atoms with E-state index in [0.29, 0.717) is 13.2 Å². The van der Waals surface area contributed by atoms with Crippen LogP contribution < -0.4 is 0 Å². The highest BCUT2D eigenvalue weighted by atomic mass is 16.5. The lowest BCUT2D eigenvalue weighted by Crippen LogP contribution is -2.28. The summed E-state index contributed by atoms with van der Waals surface area (Å²) in [6.45, 7) is 7.41. The van der Waals surface area contributed by atoms with Gasteiger partial charge in [0.15, 0.2) is 5.78 Å². The lowest BCUT2D eigenvalue weighted by Gasteiger charge is -2.14. The lowest BCUT2D eigenvalue weighted by atomic mass is 10.1. The molecule has 0 spiro atoms. The third kappa shape index (κ3) is 6.11. The van der Waals surface area contributed by atoms with Gasteiger partial charge in [-0.3, -0.25) is 4.79 Å². The third-order valence-electron chi connectivity index (χ3n) is 1.87. The van der Waals surface area contributed by atoms with Gasteiger partial charge in [-0.1, -0.05) is 20.3 Å². The molecule has 3 nitrogen and oxygen atoms in total. The fourth-order valence-electron chi connectivity index (χ4n) is 1.21. The first-order chi connectivity index (χ1) is 6.76. The fraction of sp³-hybridized carbons (Fsp3) is 0.909. The molecule has 3 heteroatoms. The van der Waals surface area contributed by atoms with E-state index in [1.54, 1.807) is 0 Å². The van der Waals surface area contributed by atoms with E-state index in [1.165, 1.54) is 0 Å². The molecule has 0 fully saturated rings. The number of carbonyl (C=O) groups is 1. The van der Waals surface area contributed by atoms with Crippen molar-refractivity contribution in [3.63, 3.8) is 0 Å². The van der Waals surface area contributed by atoms with Gasteiger partial charge in [-0.05, 0) is 19.8 Å². The average molecular weight is 202 g/mol. The predicted molar refractivity (Wildman–Crippen MR) is 56.4 cm³/mol. The Kier molecular flexibility index (Phi) is 8.89. The van der Waals surface area contributed by atoms with Crippen molar-refractivity contribution < 1.29 is 14.3 Å². The second-order valence-corrected chi connectivity index (χ2v) is 3.25. The van der Waals surface area contributed by atoms with Crippen molar-refractivity contribution in [3.8, 4) is 0 Å². The number of hydrogen-bond donors (Lipinski definition) is 0. The zero-order valence-corrected chi connectivity index (χ0v) is 9.54. The highest BCUT2D eigenvalue weighted by Gasteiger charge is 2.16. The van der Waals surface area contributed by atoms with Crippen LogP contribution in [0.3, 0.4) is 0 Å². The van der Waals surface area contributed by atoms with Crippen LogP contribution in [0, 0.1) is 0 Å². The van der Waals surface area contributed by atoms with Gasteiger partial charge in [0.2, 0.25) is 0 Å².